The summed E-state index contributed by atoms with van der Waals surface area (Å²) in [6, 6.07) is 2.09. The second-order valence-electron chi connectivity index (χ2n) is 5.50. The quantitative estimate of drug-likeness (QED) is 0.802. The molecule has 0 radical (unpaired) electrons. The minimum absolute atomic E-state index is 0.317. The van der Waals surface area contributed by atoms with Crippen molar-refractivity contribution in [3.05, 3.63) is 23.7 Å². The Hall–Kier alpha value is -0.840. The summed E-state index contributed by atoms with van der Waals surface area (Å²) in [4.78, 5) is 2.45. The molecule has 19 heavy (non-hydrogen) atoms. The normalized spacial score (nSPS) is 24.8. The van der Waals surface area contributed by atoms with Crippen LogP contribution in [-0.4, -0.2) is 36.7 Å². The van der Waals surface area contributed by atoms with Crippen molar-refractivity contribution in [1.82, 2.24) is 10.2 Å². The molecule has 1 aliphatic rings. The zero-order valence-corrected chi connectivity index (χ0v) is 12.3. The number of rotatable bonds is 6. The molecule has 1 N–H and O–H groups in total. The highest BCUT2D eigenvalue weighted by Crippen LogP contribution is 2.17. The van der Waals surface area contributed by atoms with Gasteiger partial charge in [-0.2, -0.15) is 0 Å². The van der Waals surface area contributed by atoms with E-state index in [4.69, 9.17) is 9.15 Å². The van der Waals surface area contributed by atoms with Crippen molar-refractivity contribution in [3.8, 4) is 0 Å². The average molecular weight is 266 g/mol. The molecule has 2 heterocycles. The minimum atomic E-state index is 0.317. The van der Waals surface area contributed by atoms with Crippen LogP contribution in [0.2, 0.25) is 0 Å². The summed E-state index contributed by atoms with van der Waals surface area (Å²) in [6.45, 7) is 11.3. The van der Waals surface area contributed by atoms with Crippen LogP contribution in [0.3, 0.4) is 0 Å². The summed E-state index contributed by atoms with van der Waals surface area (Å²) in [6.07, 6.45) is 3.58. The van der Waals surface area contributed by atoms with Gasteiger partial charge >= 0.3 is 0 Å². The molecule has 0 amide bonds. The first-order chi connectivity index (χ1) is 9.19. The second kappa shape index (κ2) is 7.08. The van der Waals surface area contributed by atoms with Gasteiger partial charge in [0.15, 0.2) is 0 Å². The van der Waals surface area contributed by atoms with E-state index in [-0.39, 0.29) is 0 Å². The summed E-state index contributed by atoms with van der Waals surface area (Å²) in [7, 11) is 0. The lowest BCUT2D eigenvalue weighted by molar-refractivity contribution is -0.0706. The van der Waals surface area contributed by atoms with Crippen LogP contribution < -0.4 is 5.32 Å². The molecule has 4 nitrogen and oxygen atoms in total. The van der Waals surface area contributed by atoms with Gasteiger partial charge in [0.05, 0.1) is 25.0 Å². The Labute approximate surface area is 116 Å². The van der Waals surface area contributed by atoms with Crippen molar-refractivity contribution < 1.29 is 9.15 Å². The van der Waals surface area contributed by atoms with E-state index in [0.717, 1.165) is 44.9 Å². The van der Waals surface area contributed by atoms with Gasteiger partial charge in [0.1, 0.15) is 5.76 Å². The number of nitrogens with zero attached hydrogens (tertiary/aromatic N) is 1. The Morgan fingerprint density at radius 1 is 1.32 bits per heavy atom. The predicted octanol–water partition coefficient (Wildman–Crippen LogP) is 2.39. The molecule has 0 saturated carbocycles. The number of nitrogens with one attached hydrogen (secondary N) is 1. The number of hydrogen-bond donors (Lipinski definition) is 1. The van der Waals surface area contributed by atoms with E-state index < -0.39 is 0 Å². The first kappa shape index (κ1) is 14.6. The number of morpholine rings is 1. The number of ether oxygens (including phenoxy) is 1. The van der Waals surface area contributed by atoms with Crippen molar-refractivity contribution in [2.75, 3.05) is 19.6 Å². The molecule has 1 aromatic heterocycles. The molecule has 1 aliphatic heterocycles. The van der Waals surface area contributed by atoms with Crippen LogP contribution in [0.25, 0.3) is 0 Å². The molecule has 0 aliphatic carbocycles. The third kappa shape index (κ3) is 4.34. The lowest BCUT2D eigenvalue weighted by atomic mass is 10.2. The van der Waals surface area contributed by atoms with Gasteiger partial charge in [-0.15, -0.1) is 0 Å². The Balaban J connectivity index is 1.89. The summed E-state index contributed by atoms with van der Waals surface area (Å²) < 4.78 is 11.4. The van der Waals surface area contributed by atoms with Crippen LogP contribution in [-0.2, 0) is 17.8 Å². The fourth-order valence-corrected chi connectivity index (χ4v) is 2.70. The molecule has 0 spiro atoms. The van der Waals surface area contributed by atoms with E-state index in [1.807, 2.05) is 0 Å². The summed E-state index contributed by atoms with van der Waals surface area (Å²) in [5.74, 6) is 1.07. The predicted molar refractivity (Wildman–Crippen MR) is 76.0 cm³/mol. The molecule has 2 rings (SSSR count). The van der Waals surface area contributed by atoms with Gasteiger partial charge in [0.2, 0.25) is 0 Å². The zero-order valence-electron chi connectivity index (χ0n) is 12.3. The van der Waals surface area contributed by atoms with Crippen molar-refractivity contribution >= 4 is 0 Å². The summed E-state index contributed by atoms with van der Waals surface area (Å²) in [5, 5.41) is 3.40. The molecular formula is C15H26N2O2. The van der Waals surface area contributed by atoms with Crippen molar-refractivity contribution in [1.29, 1.82) is 0 Å². The van der Waals surface area contributed by atoms with E-state index in [2.05, 4.69) is 37.1 Å². The SMILES string of the molecule is CCCNCc1occc1CN1C[C@@H](C)O[C@@H](C)C1. The Bertz CT molecular complexity index is 368. The van der Waals surface area contributed by atoms with Crippen molar-refractivity contribution in [3.63, 3.8) is 0 Å². The fourth-order valence-electron chi connectivity index (χ4n) is 2.70. The first-order valence-electron chi connectivity index (χ1n) is 7.32. The highest BCUT2D eigenvalue weighted by atomic mass is 16.5. The van der Waals surface area contributed by atoms with Gasteiger partial charge in [-0.05, 0) is 32.9 Å². The van der Waals surface area contributed by atoms with Crippen LogP contribution in [0.15, 0.2) is 16.7 Å². The molecule has 2 atom stereocenters. The molecular weight excluding hydrogens is 240 g/mol. The monoisotopic (exact) mass is 266 g/mol. The maximum Gasteiger partial charge on any atom is 0.122 e. The fraction of sp³-hybridized carbons (Fsp3) is 0.733. The maximum absolute atomic E-state index is 5.77. The van der Waals surface area contributed by atoms with Gasteiger partial charge in [0.25, 0.3) is 0 Å². The first-order valence-corrected chi connectivity index (χ1v) is 7.32. The van der Waals surface area contributed by atoms with Crippen LogP contribution in [0.1, 0.15) is 38.5 Å². The average Bonchev–Trinajstić information content (AvgIpc) is 2.76. The van der Waals surface area contributed by atoms with Crippen molar-refractivity contribution in [2.24, 2.45) is 0 Å². The smallest absolute Gasteiger partial charge is 0.122 e. The standard InChI is InChI=1S/C15H26N2O2/c1-4-6-16-8-15-14(5-7-18-15)11-17-9-12(2)19-13(3)10-17/h5,7,12-13,16H,4,6,8-11H2,1-3H3/t12-,13+. The van der Waals surface area contributed by atoms with Gasteiger partial charge in [-0.25, -0.2) is 0 Å². The van der Waals surface area contributed by atoms with E-state index in [1.165, 1.54) is 5.56 Å². The maximum atomic E-state index is 5.77. The molecule has 0 bridgehead atoms. The van der Waals surface area contributed by atoms with E-state index in [0.29, 0.717) is 12.2 Å². The third-order valence-electron chi connectivity index (χ3n) is 3.44. The minimum Gasteiger partial charge on any atom is -0.468 e. The third-order valence-corrected chi connectivity index (χ3v) is 3.44. The Morgan fingerprint density at radius 2 is 2.05 bits per heavy atom. The molecule has 1 fully saturated rings. The summed E-state index contributed by atoms with van der Waals surface area (Å²) in [5.41, 5.74) is 1.30. The van der Waals surface area contributed by atoms with Gasteiger partial charge in [-0.1, -0.05) is 6.92 Å². The largest absolute Gasteiger partial charge is 0.468 e. The number of hydrogen-bond acceptors (Lipinski definition) is 4. The van der Waals surface area contributed by atoms with E-state index in [9.17, 15) is 0 Å². The Kier molecular flexibility index (Phi) is 5.43. The van der Waals surface area contributed by atoms with Crippen molar-refractivity contribution in [2.45, 2.75) is 52.5 Å². The molecule has 0 aromatic carbocycles. The van der Waals surface area contributed by atoms with Crippen LogP contribution in [0.5, 0.6) is 0 Å². The van der Waals surface area contributed by atoms with Crippen LogP contribution in [0.4, 0.5) is 0 Å². The lowest BCUT2D eigenvalue weighted by Crippen LogP contribution is -2.44. The number of furan rings is 1. The molecule has 108 valence electrons. The lowest BCUT2D eigenvalue weighted by Gasteiger charge is -2.35. The second-order valence-corrected chi connectivity index (χ2v) is 5.50. The summed E-state index contributed by atoms with van der Waals surface area (Å²) >= 11 is 0. The van der Waals surface area contributed by atoms with Gasteiger partial charge < -0.3 is 14.5 Å². The molecule has 1 aromatic rings. The highest BCUT2D eigenvalue weighted by Gasteiger charge is 2.23. The highest BCUT2D eigenvalue weighted by molar-refractivity contribution is 5.17. The van der Waals surface area contributed by atoms with E-state index >= 15 is 0 Å². The van der Waals surface area contributed by atoms with Gasteiger partial charge in [-0.3, -0.25) is 4.90 Å². The molecule has 1 saturated heterocycles. The topological polar surface area (TPSA) is 37.6 Å². The Morgan fingerprint density at radius 3 is 2.74 bits per heavy atom. The van der Waals surface area contributed by atoms with E-state index in [1.54, 1.807) is 6.26 Å². The zero-order chi connectivity index (χ0) is 13.7. The van der Waals surface area contributed by atoms with Crippen LogP contribution >= 0.6 is 0 Å². The van der Waals surface area contributed by atoms with Gasteiger partial charge in [0, 0.05) is 25.2 Å². The van der Waals surface area contributed by atoms with Crippen LogP contribution in [0, 0.1) is 0 Å². The molecule has 0 unspecified atom stereocenters. The molecule has 4 heteroatoms.